The summed E-state index contributed by atoms with van der Waals surface area (Å²) in [5.74, 6) is 0.978. The molecule has 104 valence electrons. The summed E-state index contributed by atoms with van der Waals surface area (Å²) in [4.78, 5) is 6.48. The third kappa shape index (κ3) is 3.65. The first-order valence-corrected chi connectivity index (χ1v) is 6.77. The fourth-order valence-electron chi connectivity index (χ4n) is 2.16. The molecule has 0 aliphatic carbocycles. The first-order valence-electron chi connectivity index (χ1n) is 6.77. The highest BCUT2D eigenvalue weighted by Gasteiger charge is 2.08. The van der Waals surface area contributed by atoms with Gasteiger partial charge in [0.25, 0.3) is 0 Å². The van der Waals surface area contributed by atoms with Crippen molar-refractivity contribution in [3.05, 3.63) is 47.5 Å². The van der Waals surface area contributed by atoms with Crippen LogP contribution in [0.4, 0.5) is 0 Å². The zero-order valence-electron chi connectivity index (χ0n) is 12.0. The van der Waals surface area contributed by atoms with Crippen LogP contribution < -0.4 is 0 Å². The van der Waals surface area contributed by atoms with Crippen molar-refractivity contribution in [3.8, 4) is 6.07 Å². The summed E-state index contributed by atoms with van der Waals surface area (Å²) in [6.45, 7) is 4.56. The molecule has 0 N–H and O–H groups in total. The molecule has 0 atom stereocenters. The van der Waals surface area contributed by atoms with Gasteiger partial charge < -0.3 is 0 Å². The van der Waals surface area contributed by atoms with Crippen molar-refractivity contribution < 1.29 is 0 Å². The number of benzene rings is 1. The molecule has 2 rings (SSSR count). The number of rotatable bonds is 6. The van der Waals surface area contributed by atoms with Gasteiger partial charge in [-0.15, -0.1) is 0 Å². The summed E-state index contributed by atoms with van der Waals surface area (Å²) in [5, 5.41) is 13.1. The molecule has 0 aliphatic rings. The highest BCUT2D eigenvalue weighted by molar-refractivity contribution is 5.32. The first kappa shape index (κ1) is 14.2. The fraction of sp³-hybridized carbons (Fsp3) is 0.400. The predicted molar refractivity (Wildman–Crippen MR) is 76.6 cm³/mol. The van der Waals surface area contributed by atoms with Crippen molar-refractivity contribution in [3.63, 3.8) is 0 Å². The zero-order chi connectivity index (χ0) is 14.4. The Kier molecular flexibility index (Phi) is 4.85. The molecule has 0 spiro atoms. The van der Waals surface area contributed by atoms with Crippen molar-refractivity contribution in [1.82, 2.24) is 19.7 Å². The lowest BCUT2D eigenvalue weighted by atomic mass is 10.1. The van der Waals surface area contributed by atoms with Gasteiger partial charge in [-0.25, -0.2) is 9.67 Å². The van der Waals surface area contributed by atoms with E-state index < -0.39 is 0 Å². The molecule has 1 heterocycles. The maximum Gasteiger partial charge on any atom is 0.141 e. The van der Waals surface area contributed by atoms with E-state index in [9.17, 15) is 0 Å². The van der Waals surface area contributed by atoms with Gasteiger partial charge in [-0.1, -0.05) is 19.1 Å². The maximum absolute atomic E-state index is 8.91. The monoisotopic (exact) mass is 269 g/mol. The Balaban J connectivity index is 1.99. The molecular formula is C15H19N5. The molecule has 0 radical (unpaired) electrons. The van der Waals surface area contributed by atoms with Crippen molar-refractivity contribution in [2.45, 2.75) is 33.0 Å². The van der Waals surface area contributed by atoms with Gasteiger partial charge in [-0.05, 0) is 31.2 Å². The number of nitrogens with zero attached hydrogens (tertiary/aromatic N) is 5. The highest BCUT2D eigenvalue weighted by Crippen LogP contribution is 2.09. The molecule has 5 nitrogen and oxygen atoms in total. The third-order valence-corrected chi connectivity index (χ3v) is 3.05. The number of aromatic nitrogens is 3. The summed E-state index contributed by atoms with van der Waals surface area (Å²) in [7, 11) is 2.05. The van der Waals surface area contributed by atoms with Gasteiger partial charge in [0.15, 0.2) is 0 Å². The number of nitriles is 1. The number of hydrogen-bond donors (Lipinski definition) is 0. The summed E-state index contributed by atoms with van der Waals surface area (Å²) >= 11 is 0. The molecule has 0 aliphatic heterocycles. The van der Waals surface area contributed by atoms with Crippen LogP contribution in [0.3, 0.4) is 0 Å². The lowest BCUT2D eigenvalue weighted by Crippen LogP contribution is -2.20. The van der Waals surface area contributed by atoms with E-state index >= 15 is 0 Å². The molecule has 0 unspecified atom stereocenters. The van der Waals surface area contributed by atoms with Gasteiger partial charge in [0, 0.05) is 13.1 Å². The lowest BCUT2D eigenvalue weighted by Gasteiger charge is -2.16. The Hall–Kier alpha value is -2.19. The van der Waals surface area contributed by atoms with Crippen LogP contribution in [0, 0.1) is 11.3 Å². The lowest BCUT2D eigenvalue weighted by molar-refractivity contribution is 0.302. The molecule has 0 saturated carbocycles. The van der Waals surface area contributed by atoms with Gasteiger partial charge in [0.1, 0.15) is 12.2 Å². The Bertz CT molecular complexity index is 596. The van der Waals surface area contributed by atoms with Crippen molar-refractivity contribution in [2.24, 2.45) is 0 Å². The smallest absolute Gasteiger partial charge is 0.141 e. The second kappa shape index (κ2) is 6.83. The standard InChI is InChI=1S/C15H19N5/c1-3-7-20-15(17-12-18-20)11-19(2)10-14-6-4-5-13(8-14)9-16/h4-6,8,12H,3,7,10-11H2,1-2H3. The van der Waals surface area contributed by atoms with E-state index in [1.54, 1.807) is 6.33 Å². The molecule has 0 saturated heterocycles. The van der Waals surface area contributed by atoms with Crippen molar-refractivity contribution in [2.75, 3.05) is 7.05 Å². The van der Waals surface area contributed by atoms with Crippen molar-refractivity contribution >= 4 is 0 Å². The van der Waals surface area contributed by atoms with Crippen LogP contribution in [0.15, 0.2) is 30.6 Å². The number of hydrogen-bond acceptors (Lipinski definition) is 4. The Labute approximate surface area is 119 Å². The summed E-state index contributed by atoms with van der Waals surface area (Å²) < 4.78 is 1.95. The van der Waals surface area contributed by atoms with Crippen LogP contribution in [-0.2, 0) is 19.6 Å². The second-order valence-corrected chi connectivity index (χ2v) is 4.88. The van der Waals surface area contributed by atoms with Gasteiger partial charge in [-0.2, -0.15) is 10.4 Å². The fourth-order valence-corrected chi connectivity index (χ4v) is 2.16. The molecule has 5 heteroatoms. The van der Waals surface area contributed by atoms with Crippen LogP contribution >= 0.6 is 0 Å². The molecule has 1 aromatic carbocycles. The number of aryl methyl sites for hydroxylation is 1. The average Bonchev–Trinajstić information content (AvgIpc) is 2.86. The molecule has 20 heavy (non-hydrogen) atoms. The van der Waals surface area contributed by atoms with E-state index in [1.165, 1.54) is 0 Å². The maximum atomic E-state index is 8.91. The quantitative estimate of drug-likeness (QED) is 0.806. The average molecular weight is 269 g/mol. The molecule has 2 aromatic rings. The minimum absolute atomic E-state index is 0.699. The van der Waals surface area contributed by atoms with Crippen LogP contribution in [0.2, 0.25) is 0 Å². The third-order valence-electron chi connectivity index (χ3n) is 3.05. The van der Waals surface area contributed by atoms with Crippen LogP contribution in [0.1, 0.15) is 30.3 Å². The van der Waals surface area contributed by atoms with E-state index in [0.29, 0.717) is 5.56 Å². The molecule has 0 bridgehead atoms. The van der Waals surface area contributed by atoms with Crippen LogP contribution in [0.5, 0.6) is 0 Å². The minimum atomic E-state index is 0.699. The van der Waals surface area contributed by atoms with E-state index in [1.807, 2.05) is 36.0 Å². The van der Waals surface area contributed by atoms with E-state index in [4.69, 9.17) is 5.26 Å². The van der Waals surface area contributed by atoms with Crippen molar-refractivity contribution in [1.29, 1.82) is 5.26 Å². The van der Waals surface area contributed by atoms with E-state index in [0.717, 1.165) is 37.4 Å². The summed E-state index contributed by atoms with van der Waals surface area (Å²) in [5.41, 5.74) is 1.83. The van der Waals surface area contributed by atoms with Crippen LogP contribution in [0.25, 0.3) is 0 Å². The van der Waals surface area contributed by atoms with Gasteiger partial charge in [0.05, 0.1) is 18.2 Å². The Morgan fingerprint density at radius 3 is 2.95 bits per heavy atom. The van der Waals surface area contributed by atoms with Gasteiger partial charge in [-0.3, -0.25) is 4.90 Å². The van der Waals surface area contributed by atoms with Crippen LogP contribution in [-0.4, -0.2) is 26.7 Å². The SMILES string of the molecule is CCCn1ncnc1CN(C)Cc1cccc(C#N)c1. The Morgan fingerprint density at radius 2 is 2.20 bits per heavy atom. The normalized spacial score (nSPS) is 10.7. The van der Waals surface area contributed by atoms with Gasteiger partial charge >= 0.3 is 0 Å². The van der Waals surface area contributed by atoms with E-state index in [2.05, 4.69) is 28.0 Å². The molecule has 0 amide bonds. The Morgan fingerprint density at radius 1 is 1.35 bits per heavy atom. The second-order valence-electron chi connectivity index (χ2n) is 4.88. The van der Waals surface area contributed by atoms with E-state index in [-0.39, 0.29) is 0 Å². The molecular weight excluding hydrogens is 250 g/mol. The summed E-state index contributed by atoms with van der Waals surface area (Å²) in [6, 6.07) is 9.87. The predicted octanol–water partition coefficient (Wildman–Crippen LogP) is 2.19. The zero-order valence-corrected chi connectivity index (χ0v) is 12.0. The molecule has 0 fully saturated rings. The first-order chi connectivity index (χ1) is 9.72. The highest BCUT2D eigenvalue weighted by atomic mass is 15.3. The molecule has 1 aromatic heterocycles. The topological polar surface area (TPSA) is 57.7 Å². The summed E-state index contributed by atoms with van der Waals surface area (Å²) in [6.07, 6.45) is 2.65. The van der Waals surface area contributed by atoms with Gasteiger partial charge in [0.2, 0.25) is 0 Å². The minimum Gasteiger partial charge on any atom is -0.295 e. The largest absolute Gasteiger partial charge is 0.295 e.